The standard InChI is InChI=1S/C27H25N3O5/c1-34-21-10-8-18(9-11-21)24-15-23(20-7-6-17-4-2-3-5-19(17)14-20)29-30(24)26(32)16-35-27(33)22-12-13-25(31)28-22/h2-11,14,22,24H,12-13,15-16H2,1H3,(H,28,31)/t22-,24-/m0/s1. The minimum atomic E-state index is -0.706. The fourth-order valence-electron chi connectivity index (χ4n) is 4.46. The van der Waals surface area contributed by atoms with Gasteiger partial charge in [0.1, 0.15) is 11.8 Å². The third kappa shape index (κ3) is 4.73. The molecule has 0 unspecified atom stereocenters. The number of benzene rings is 3. The molecule has 2 aliphatic rings. The van der Waals surface area contributed by atoms with E-state index in [2.05, 4.69) is 16.5 Å². The highest BCUT2D eigenvalue weighted by Crippen LogP contribution is 2.34. The van der Waals surface area contributed by atoms with E-state index in [1.54, 1.807) is 7.11 Å². The number of amides is 2. The number of nitrogens with zero attached hydrogens (tertiary/aromatic N) is 2. The van der Waals surface area contributed by atoms with Crippen molar-refractivity contribution < 1.29 is 23.9 Å². The third-order valence-corrected chi connectivity index (χ3v) is 6.37. The number of methoxy groups -OCH3 is 1. The van der Waals surface area contributed by atoms with Crippen LogP contribution in [-0.2, 0) is 19.1 Å². The minimum absolute atomic E-state index is 0.193. The van der Waals surface area contributed by atoms with Gasteiger partial charge in [-0.1, -0.05) is 48.5 Å². The summed E-state index contributed by atoms with van der Waals surface area (Å²) in [4.78, 5) is 36.8. The quantitative estimate of drug-likeness (QED) is 0.556. The zero-order valence-electron chi connectivity index (χ0n) is 19.3. The average Bonchev–Trinajstić information content (AvgIpc) is 3.54. The van der Waals surface area contributed by atoms with Gasteiger partial charge in [-0.3, -0.25) is 9.59 Å². The second kappa shape index (κ2) is 9.58. The fraction of sp³-hybridized carbons (Fsp3) is 0.259. The fourth-order valence-corrected chi connectivity index (χ4v) is 4.46. The Morgan fingerprint density at radius 1 is 1.06 bits per heavy atom. The molecule has 0 spiro atoms. The number of hydrazone groups is 1. The Kier molecular flexibility index (Phi) is 6.18. The molecule has 8 heteroatoms. The third-order valence-electron chi connectivity index (χ3n) is 6.37. The number of hydrogen-bond donors (Lipinski definition) is 1. The van der Waals surface area contributed by atoms with Crippen LogP contribution < -0.4 is 10.1 Å². The molecule has 2 amide bonds. The monoisotopic (exact) mass is 471 g/mol. The lowest BCUT2D eigenvalue weighted by Gasteiger charge is -2.22. The van der Waals surface area contributed by atoms with Gasteiger partial charge in [-0.15, -0.1) is 0 Å². The largest absolute Gasteiger partial charge is 0.497 e. The van der Waals surface area contributed by atoms with Crippen molar-refractivity contribution >= 4 is 34.3 Å². The van der Waals surface area contributed by atoms with Gasteiger partial charge in [-0.2, -0.15) is 5.10 Å². The Labute approximate surface area is 202 Å². The molecule has 1 fully saturated rings. The Hall–Kier alpha value is -4.20. The van der Waals surface area contributed by atoms with Gasteiger partial charge in [0.2, 0.25) is 5.91 Å². The van der Waals surface area contributed by atoms with Crippen LogP contribution in [0.15, 0.2) is 71.8 Å². The molecule has 178 valence electrons. The number of rotatable bonds is 6. The molecular formula is C27H25N3O5. The maximum atomic E-state index is 13.2. The molecule has 8 nitrogen and oxygen atoms in total. The molecule has 5 rings (SSSR count). The van der Waals surface area contributed by atoms with Crippen molar-refractivity contribution in [2.75, 3.05) is 13.7 Å². The van der Waals surface area contributed by atoms with Gasteiger partial charge in [-0.25, -0.2) is 9.80 Å². The number of esters is 1. The van der Waals surface area contributed by atoms with Gasteiger partial charge in [-0.05, 0) is 46.5 Å². The maximum Gasteiger partial charge on any atom is 0.329 e. The van der Waals surface area contributed by atoms with Crippen molar-refractivity contribution in [3.63, 3.8) is 0 Å². The number of hydrogen-bond acceptors (Lipinski definition) is 6. The number of fused-ring (bicyclic) bond motifs is 1. The van der Waals surface area contributed by atoms with E-state index in [1.807, 2.05) is 60.7 Å². The highest BCUT2D eigenvalue weighted by atomic mass is 16.5. The topological polar surface area (TPSA) is 97.3 Å². The summed E-state index contributed by atoms with van der Waals surface area (Å²) in [6.07, 6.45) is 1.16. The number of carbonyl (C=O) groups is 3. The molecule has 0 saturated carbocycles. The Morgan fingerprint density at radius 2 is 1.83 bits per heavy atom. The normalized spacial score (nSPS) is 19.4. The smallest absolute Gasteiger partial charge is 0.329 e. The molecule has 0 bridgehead atoms. The minimum Gasteiger partial charge on any atom is -0.497 e. The van der Waals surface area contributed by atoms with Crippen molar-refractivity contribution in [3.05, 3.63) is 77.9 Å². The van der Waals surface area contributed by atoms with Gasteiger partial charge in [0.15, 0.2) is 6.61 Å². The van der Waals surface area contributed by atoms with Crippen LogP contribution in [0.3, 0.4) is 0 Å². The van der Waals surface area contributed by atoms with Crippen LogP contribution in [0.25, 0.3) is 10.8 Å². The van der Waals surface area contributed by atoms with Crippen molar-refractivity contribution in [2.45, 2.75) is 31.3 Å². The number of carbonyl (C=O) groups excluding carboxylic acids is 3. The Morgan fingerprint density at radius 3 is 2.54 bits per heavy atom. The first-order chi connectivity index (χ1) is 17.0. The molecular weight excluding hydrogens is 446 g/mol. The summed E-state index contributed by atoms with van der Waals surface area (Å²) in [7, 11) is 1.60. The number of ether oxygens (including phenoxy) is 2. The van der Waals surface area contributed by atoms with Gasteiger partial charge in [0.05, 0.1) is 18.9 Å². The van der Waals surface area contributed by atoms with E-state index < -0.39 is 24.5 Å². The average molecular weight is 472 g/mol. The van der Waals surface area contributed by atoms with Crippen molar-refractivity contribution in [2.24, 2.45) is 5.10 Å². The molecule has 2 heterocycles. The summed E-state index contributed by atoms with van der Waals surface area (Å²) in [5.74, 6) is -0.516. The number of nitrogens with one attached hydrogen (secondary N) is 1. The lowest BCUT2D eigenvalue weighted by atomic mass is 9.97. The molecule has 3 aromatic carbocycles. The van der Waals surface area contributed by atoms with Gasteiger partial charge in [0, 0.05) is 12.8 Å². The van der Waals surface area contributed by atoms with Crippen LogP contribution in [-0.4, -0.2) is 48.3 Å². The Bertz CT molecular complexity index is 1320. The van der Waals surface area contributed by atoms with Crippen molar-refractivity contribution in [1.82, 2.24) is 10.3 Å². The summed E-state index contributed by atoms with van der Waals surface area (Å²) in [6.45, 7) is -0.452. The van der Waals surface area contributed by atoms with E-state index in [1.165, 1.54) is 5.01 Å². The predicted molar refractivity (Wildman–Crippen MR) is 130 cm³/mol. The van der Waals surface area contributed by atoms with E-state index in [4.69, 9.17) is 9.47 Å². The SMILES string of the molecule is COc1ccc([C@@H]2CC(c3ccc4ccccc4c3)=NN2C(=O)COC(=O)[C@@H]2CCC(=O)N2)cc1. The van der Waals surface area contributed by atoms with Gasteiger partial charge >= 0.3 is 5.97 Å². The van der Waals surface area contributed by atoms with E-state index in [0.29, 0.717) is 18.6 Å². The Balaban J connectivity index is 1.39. The predicted octanol–water partition coefficient (Wildman–Crippen LogP) is 3.35. The van der Waals surface area contributed by atoms with Crippen LogP contribution in [0.1, 0.15) is 36.4 Å². The van der Waals surface area contributed by atoms with E-state index in [-0.39, 0.29) is 18.4 Å². The van der Waals surface area contributed by atoms with Crippen LogP contribution in [0.4, 0.5) is 0 Å². The molecule has 3 aromatic rings. The summed E-state index contributed by atoms with van der Waals surface area (Å²) >= 11 is 0. The molecule has 0 aliphatic carbocycles. The van der Waals surface area contributed by atoms with Crippen LogP contribution in [0.2, 0.25) is 0 Å². The zero-order valence-corrected chi connectivity index (χ0v) is 19.3. The second-order valence-electron chi connectivity index (χ2n) is 8.61. The first-order valence-corrected chi connectivity index (χ1v) is 11.5. The summed E-state index contributed by atoms with van der Waals surface area (Å²) in [5.41, 5.74) is 2.61. The van der Waals surface area contributed by atoms with Crippen molar-refractivity contribution in [3.8, 4) is 5.75 Å². The maximum absolute atomic E-state index is 13.2. The molecule has 2 atom stereocenters. The second-order valence-corrected chi connectivity index (χ2v) is 8.61. The summed E-state index contributed by atoms with van der Waals surface area (Å²) in [5, 5.41) is 10.8. The summed E-state index contributed by atoms with van der Waals surface area (Å²) in [6, 6.07) is 20.6. The molecule has 0 radical (unpaired) electrons. The highest BCUT2D eigenvalue weighted by molar-refractivity contribution is 6.05. The van der Waals surface area contributed by atoms with E-state index >= 15 is 0 Å². The lowest BCUT2D eigenvalue weighted by molar-refractivity contribution is -0.154. The van der Waals surface area contributed by atoms with E-state index in [0.717, 1.165) is 27.6 Å². The lowest BCUT2D eigenvalue weighted by Crippen LogP contribution is -2.37. The van der Waals surface area contributed by atoms with Crippen LogP contribution in [0, 0.1) is 0 Å². The molecule has 1 saturated heterocycles. The molecule has 2 aliphatic heterocycles. The van der Waals surface area contributed by atoms with E-state index in [9.17, 15) is 14.4 Å². The first-order valence-electron chi connectivity index (χ1n) is 11.5. The van der Waals surface area contributed by atoms with Crippen molar-refractivity contribution in [1.29, 1.82) is 0 Å². The first kappa shape index (κ1) is 22.6. The highest BCUT2D eigenvalue weighted by Gasteiger charge is 2.35. The van der Waals surface area contributed by atoms with Crippen LogP contribution >= 0.6 is 0 Å². The zero-order chi connectivity index (χ0) is 24.4. The van der Waals surface area contributed by atoms with Crippen LogP contribution in [0.5, 0.6) is 5.75 Å². The van der Waals surface area contributed by atoms with Gasteiger partial charge in [0.25, 0.3) is 5.91 Å². The summed E-state index contributed by atoms with van der Waals surface area (Å²) < 4.78 is 10.5. The molecule has 0 aromatic heterocycles. The molecule has 35 heavy (non-hydrogen) atoms. The van der Waals surface area contributed by atoms with Gasteiger partial charge < -0.3 is 14.8 Å². The molecule has 1 N–H and O–H groups in total.